The molecule has 5 rings (SSSR count). The molecule has 32 heavy (non-hydrogen) atoms. The van der Waals surface area contributed by atoms with Gasteiger partial charge in [-0.05, 0) is 48.5 Å². The molecule has 1 atom stereocenters. The van der Waals surface area contributed by atoms with Crippen LogP contribution in [0.15, 0.2) is 71.7 Å². The van der Waals surface area contributed by atoms with Crippen LogP contribution >= 0.6 is 0 Å². The number of carbonyl (C=O) groups excluding carboxylic acids is 1. The smallest absolute Gasteiger partial charge is 0.283 e. The van der Waals surface area contributed by atoms with Gasteiger partial charge in [-0.3, -0.25) is 4.79 Å². The van der Waals surface area contributed by atoms with Crippen LogP contribution in [-0.2, 0) is 15.1 Å². The molecule has 2 aliphatic heterocycles. The maximum absolute atomic E-state index is 12.4. The fourth-order valence-corrected chi connectivity index (χ4v) is 3.90. The summed E-state index contributed by atoms with van der Waals surface area (Å²) in [5.41, 5.74) is 7.11. The second-order valence-electron chi connectivity index (χ2n) is 7.42. The summed E-state index contributed by atoms with van der Waals surface area (Å²) in [6, 6.07) is 20.2. The zero-order valence-electron chi connectivity index (χ0n) is 17.3. The van der Waals surface area contributed by atoms with Crippen molar-refractivity contribution in [2.24, 2.45) is 10.7 Å². The summed E-state index contributed by atoms with van der Waals surface area (Å²) in [6.07, 6.45) is 0. The fourth-order valence-electron chi connectivity index (χ4n) is 3.90. The molecule has 0 fully saturated rings. The van der Waals surface area contributed by atoms with Gasteiger partial charge in [-0.2, -0.15) is 0 Å². The number of nitrogens with one attached hydrogen (secondary N) is 1. The highest BCUT2D eigenvalue weighted by atomic mass is 16.5. The molecule has 3 N–H and O–H groups in total. The van der Waals surface area contributed by atoms with Gasteiger partial charge in [0.25, 0.3) is 11.9 Å². The van der Waals surface area contributed by atoms with E-state index in [-0.39, 0.29) is 25.1 Å². The molecule has 0 radical (unpaired) electrons. The summed E-state index contributed by atoms with van der Waals surface area (Å²) in [7, 11) is 1.60. The van der Waals surface area contributed by atoms with E-state index < -0.39 is 5.54 Å². The minimum Gasteiger partial charge on any atom is -0.497 e. The number of fused-ring (bicyclic) bond motifs is 4. The Balaban J connectivity index is 1.45. The molecule has 2 aliphatic rings. The second-order valence-corrected chi connectivity index (χ2v) is 7.42. The lowest BCUT2D eigenvalue weighted by molar-refractivity contribution is -0.118. The number of benzene rings is 3. The first-order valence-electron chi connectivity index (χ1n) is 10.0. The van der Waals surface area contributed by atoms with E-state index in [1.165, 1.54) is 0 Å². The maximum atomic E-state index is 12.4. The Morgan fingerprint density at radius 1 is 1.06 bits per heavy atom. The Hall–Kier alpha value is -4.20. The van der Waals surface area contributed by atoms with Crippen molar-refractivity contribution in [1.29, 1.82) is 0 Å². The van der Waals surface area contributed by atoms with E-state index in [1.807, 2.05) is 42.5 Å². The first-order chi connectivity index (χ1) is 15.6. The van der Waals surface area contributed by atoms with Gasteiger partial charge in [-0.15, -0.1) is 0 Å². The topological polar surface area (TPSA) is 104 Å². The third-order valence-electron chi connectivity index (χ3n) is 5.40. The Labute approximate surface area is 184 Å². The SMILES string of the molecule is COc1ccc2c(c1)[C@]1(COC(N)=N1)c1cc(NC(=O)COc3ccccc3)ccc1O2. The van der Waals surface area contributed by atoms with E-state index >= 15 is 0 Å². The number of para-hydroxylation sites is 1. The van der Waals surface area contributed by atoms with Crippen LogP contribution in [0.4, 0.5) is 5.69 Å². The van der Waals surface area contributed by atoms with Gasteiger partial charge < -0.3 is 30.0 Å². The Bertz CT molecular complexity index is 1210. The lowest BCUT2D eigenvalue weighted by atomic mass is 9.81. The molecule has 0 bridgehead atoms. The van der Waals surface area contributed by atoms with E-state index in [2.05, 4.69) is 10.3 Å². The van der Waals surface area contributed by atoms with Gasteiger partial charge in [0.2, 0.25) is 0 Å². The van der Waals surface area contributed by atoms with E-state index in [0.29, 0.717) is 28.7 Å². The number of hydrogen-bond donors (Lipinski definition) is 2. The van der Waals surface area contributed by atoms with E-state index in [0.717, 1.165) is 11.1 Å². The highest BCUT2D eigenvalue weighted by molar-refractivity contribution is 5.92. The summed E-state index contributed by atoms with van der Waals surface area (Å²) in [5, 5.41) is 2.86. The number of carbonyl (C=O) groups is 1. The molecular weight excluding hydrogens is 410 g/mol. The number of aliphatic imine (C=N–C) groups is 1. The molecule has 162 valence electrons. The lowest BCUT2D eigenvalue weighted by Gasteiger charge is -2.33. The van der Waals surface area contributed by atoms with Crippen molar-refractivity contribution in [3.63, 3.8) is 0 Å². The first-order valence-corrected chi connectivity index (χ1v) is 10.0. The highest BCUT2D eigenvalue weighted by Crippen LogP contribution is 2.52. The van der Waals surface area contributed by atoms with Gasteiger partial charge in [0, 0.05) is 16.8 Å². The Kier molecular flexibility index (Phi) is 4.82. The number of ether oxygens (including phenoxy) is 4. The predicted octanol–water partition coefficient (Wildman–Crippen LogP) is 3.41. The molecule has 0 aromatic heterocycles. The van der Waals surface area contributed by atoms with Crippen molar-refractivity contribution in [1.82, 2.24) is 0 Å². The fraction of sp³-hybridized carbons (Fsp3) is 0.167. The van der Waals surface area contributed by atoms with Crippen molar-refractivity contribution < 1.29 is 23.7 Å². The minimum absolute atomic E-state index is 0.0947. The van der Waals surface area contributed by atoms with Crippen LogP contribution < -0.4 is 25.3 Å². The molecule has 3 aromatic rings. The number of nitrogens with zero attached hydrogens (tertiary/aromatic N) is 1. The quantitative estimate of drug-likeness (QED) is 0.642. The van der Waals surface area contributed by atoms with Crippen molar-refractivity contribution in [2.45, 2.75) is 5.54 Å². The van der Waals surface area contributed by atoms with E-state index in [4.69, 9.17) is 24.7 Å². The average Bonchev–Trinajstić information content (AvgIpc) is 3.21. The average molecular weight is 431 g/mol. The third-order valence-corrected chi connectivity index (χ3v) is 5.40. The minimum atomic E-state index is -0.900. The lowest BCUT2D eigenvalue weighted by Crippen LogP contribution is -2.31. The zero-order chi connectivity index (χ0) is 22.1. The van der Waals surface area contributed by atoms with Gasteiger partial charge >= 0.3 is 0 Å². The molecule has 1 amide bonds. The third kappa shape index (κ3) is 3.45. The first kappa shape index (κ1) is 19.7. The highest BCUT2D eigenvalue weighted by Gasteiger charge is 2.47. The van der Waals surface area contributed by atoms with Gasteiger partial charge in [0.15, 0.2) is 12.1 Å². The number of rotatable bonds is 5. The van der Waals surface area contributed by atoms with E-state index in [1.54, 1.807) is 31.4 Å². The zero-order valence-corrected chi connectivity index (χ0v) is 17.3. The summed E-state index contributed by atoms with van der Waals surface area (Å²) in [6.45, 7) is 0.0981. The van der Waals surface area contributed by atoms with Crippen LogP contribution in [0.5, 0.6) is 23.0 Å². The molecule has 0 saturated heterocycles. The number of anilines is 1. The molecular formula is C24H21N3O5. The predicted molar refractivity (Wildman–Crippen MR) is 118 cm³/mol. The van der Waals surface area contributed by atoms with Gasteiger partial charge in [-0.1, -0.05) is 18.2 Å². The van der Waals surface area contributed by atoms with Crippen LogP contribution in [0, 0.1) is 0 Å². The standard InChI is InChI=1S/C24H21N3O5/c1-29-17-8-10-21-19(12-17)24(14-31-23(25)27-24)18-11-15(7-9-20(18)32-21)26-22(28)13-30-16-5-3-2-4-6-16/h2-12H,13-14H2,1H3,(H2,25,27)(H,26,28)/t24-/m0/s1. The van der Waals surface area contributed by atoms with Crippen molar-refractivity contribution in [3.05, 3.63) is 77.9 Å². The molecule has 0 saturated carbocycles. The van der Waals surface area contributed by atoms with Gasteiger partial charge in [-0.25, -0.2) is 4.99 Å². The summed E-state index contributed by atoms with van der Waals surface area (Å²) >= 11 is 0. The van der Waals surface area contributed by atoms with Crippen LogP contribution in [0.2, 0.25) is 0 Å². The number of methoxy groups -OCH3 is 1. The largest absolute Gasteiger partial charge is 0.497 e. The van der Waals surface area contributed by atoms with Crippen LogP contribution in [0.3, 0.4) is 0 Å². The summed E-state index contributed by atoms with van der Waals surface area (Å²) in [5.74, 6) is 2.27. The van der Waals surface area contributed by atoms with Gasteiger partial charge in [0.1, 0.15) is 29.6 Å². The normalized spacial score (nSPS) is 18.0. The van der Waals surface area contributed by atoms with Crippen LogP contribution in [0.25, 0.3) is 0 Å². The van der Waals surface area contributed by atoms with E-state index in [9.17, 15) is 4.79 Å². The Morgan fingerprint density at radius 2 is 1.81 bits per heavy atom. The second kappa shape index (κ2) is 7.81. The van der Waals surface area contributed by atoms with Crippen molar-refractivity contribution in [3.8, 4) is 23.0 Å². The van der Waals surface area contributed by atoms with Gasteiger partial charge in [0.05, 0.1) is 7.11 Å². The molecule has 2 heterocycles. The Morgan fingerprint density at radius 3 is 2.53 bits per heavy atom. The molecule has 3 aromatic carbocycles. The summed E-state index contributed by atoms with van der Waals surface area (Å²) < 4.78 is 22.6. The monoisotopic (exact) mass is 431 g/mol. The maximum Gasteiger partial charge on any atom is 0.283 e. The molecule has 0 unspecified atom stereocenters. The molecule has 8 nitrogen and oxygen atoms in total. The number of hydrogen-bond acceptors (Lipinski definition) is 7. The number of amidine groups is 1. The molecule has 8 heteroatoms. The van der Waals surface area contributed by atoms with Crippen molar-refractivity contribution >= 4 is 17.6 Å². The van der Waals surface area contributed by atoms with Crippen LogP contribution in [0.1, 0.15) is 11.1 Å². The number of amides is 1. The molecule has 1 spiro atoms. The molecule has 0 aliphatic carbocycles. The number of nitrogens with two attached hydrogens (primary N) is 1. The van der Waals surface area contributed by atoms with Crippen molar-refractivity contribution in [2.75, 3.05) is 25.6 Å². The summed E-state index contributed by atoms with van der Waals surface area (Å²) in [4.78, 5) is 17.1. The van der Waals surface area contributed by atoms with Crippen LogP contribution in [-0.4, -0.2) is 32.3 Å².